The van der Waals surface area contributed by atoms with E-state index in [4.69, 9.17) is 11.6 Å². The number of hydrogen-bond donors (Lipinski definition) is 1. The summed E-state index contributed by atoms with van der Waals surface area (Å²) in [6, 6.07) is 8.41. The van der Waals surface area contributed by atoms with Gasteiger partial charge in [0.2, 0.25) is 0 Å². The molecule has 0 bridgehead atoms. The smallest absolute Gasteiger partial charge is 0.0981 e. The zero-order valence-electron chi connectivity index (χ0n) is 13.1. The molecule has 4 heteroatoms. The van der Waals surface area contributed by atoms with Crippen molar-refractivity contribution in [2.75, 3.05) is 0 Å². The maximum absolute atomic E-state index is 6.08. The van der Waals surface area contributed by atoms with Crippen LogP contribution in [0.3, 0.4) is 0 Å². The molecule has 2 rings (SSSR count). The van der Waals surface area contributed by atoms with Gasteiger partial charge in [0.25, 0.3) is 0 Å². The van der Waals surface area contributed by atoms with Gasteiger partial charge in [0, 0.05) is 34.1 Å². The standard InChI is InChI=1S/C17H23ClN2S/c1-5-15(12-7-6-8-13(18)9-12)19-10-14-11-20-16(21-14)17(2,3)4/h6-9,11,15,19H,5,10H2,1-4H3. The summed E-state index contributed by atoms with van der Waals surface area (Å²) in [6.45, 7) is 9.63. The minimum absolute atomic E-state index is 0.125. The second-order valence-corrected chi connectivity index (χ2v) is 7.83. The number of hydrogen-bond acceptors (Lipinski definition) is 3. The van der Waals surface area contributed by atoms with Gasteiger partial charge in [-0.1, -0.05) is 51.4 Å². The first-order chi connectivity index (χ1) is 9.90. The van der Waals surface area contributed by atoms with E-state index >= 15 is 0 Å². The van der Waals surface area contributed by atoms with Gasteiger partial charge in [-0.25, -0.2) is 4.98 Å². The number of benzene rings is 1. The molecular formula is C17H23ClN2S. The number of nitrogens with one attached hydrogen (secondary N) is 1. The molecule has 2 nitrogen and oxygen atoms in total. The van der Waals surface area contributed by atoms with Crippen LogP contribution in [-0.4, -0.2) is 4.98 Å². The number of thiazole rings is 1. The largest absolute Gasteiger partial charge is 0.305 e. The molecule has 0 aliphatic rings. The summed E-state index contributed by atoms with van der Waals surface area (Å²) in [5.41, 5.74) is 1.37. The summed E-state index contributed by atoms with van der Waals surface area (Å²) in [7, 11) is 0. The van der Waals surface area contributed by atoms with E-state index in [2.05, 4.69) is 44.1 Å². The lowest BCUT2D eigenvalue weighted by Crippen LogP contribution is -2.19. The monoisotopic (exact) mass is 322 g/mol. The SMILES string of the molecule is CCC(NCc1cnc(C(C)(C)C)s1)c1cccc(Cl)c1. The summed E-state index contributed by atoms with van der Waals surface area (Å²) in [4.78, 5) is 5.81. The predicted molar refractivity (Wildman–Crippen MR) is 92.1 cm³/mol. The molecule has 0 aliphatic heterocycles. The van der Waals surface area contributed by atoms with E-state index in [1.54, 1.807) is 11.3 Å². The molecule has 1 N–H and O–H groups in total. The highest BCUT2D eigenvalue weighted by atomic mass is 35.5. The van der Waals surface area contributed by atoms with Gasteiger partial charge in [-0.2, -0.15) is 0 Å². The molecule has 114 valence electrons. The number of rotatable bonds is 5. The minimum Gasteiger partial charge on any atom is -0.305 e. The Morgan fingerprint density at radius 2 is 2.10 bits per heavy atom. The molecule has 0 amide bonds. The summed E-state index contributed by atoms with van der Waals surface area (Å²) in [5, 5.41) is 5.59. The first-order valence-corrected chi connectivity index (χ1v) is 8.53. The topological polar surface area (TPSA) is 24.9 Å². The first kappa shape index (κ1) is 16.5. The third-order valence-electron chi connectivity index (χ3n) is 3.38. The minimum atomic E-state index is 0.125. The van der Waals surface area contributed by atoms with Crippen molar-refractivity contribution in [3.8, 4) is 0 Å². The van der Waals surface area contributed by atoms with E-state index in [0.717, 1.165) is 18.0 Å². The number of halogens is 1. The van der Waals surface area contributed by atoms with Crippen molar-refractivity contribution >= 4 is 22.9 Å². The molecule has 2 aromatic rings. The van der Waals surface area contributed by atoms with Gasteiger partial charge in [-0.15, -0.1) is 11.3 Å². The molecule has 21 heavy (non-hydrogen) atoms. The maximum atomic E-state index is 6.08. The highest BCUT2D eigenvalue weighted by Crippen LogP contribution is 2.27. The molecule has 0 saturated carbocycles. The lowest BCUT2D eigenvalue weighted by atomic mass is 9.98. The van der Waals surface area contributed by atoms with Crippen LogP contribution in [-0.2, 0) is 12.0 Å². The summed E-state index contributed by atoms with van der Waals surface area (Å²) in [5.74, 6) is 0. The van der Waals surface area contributed by atoms with Crippen molar-refractivity contribution in [3.63, 3.8) is 0 Å². The van der Waals surface area contributed by atoms with E-state index in [9.17, 15) is 0 Å². The zero-order valence-corrected chi connectivity index (χ0v) is 14.7. The zero-order chi connectivity index (χ0) is 15.5. The van der Waals surface area contributed by atoms with Crippen LogP contribution >= 0.6 is 22.9 Å². The Balaban J connectivity index is 2.02. The summed E-state index contributed by atoms with van der Waals surface area (Å²) >= 11 is 7.87. The van der Waals surface area contributed by atoms with Gasteiger partial charge < -0.3 is 5.32 Å². The molecule has 1 aromatic carbocycles. The van der Waals surface area contributed by atoms with E-state index in [0.29, 0.717) is 6.04 Å². The normalized spacial score (nSPS) is 13.4. The molecule has 1 unspecified atom stereocenters. The second kappa shape index (κ2) is 6.91. The van der Waals surface area contributed by atoms with Crippen molar-refractivity contribution in [1.29, 1.82) is 0 Å². The van der Waals surface area contributed by atoms with Crippen LogP contribution in [0.1, 0.15) is 55.6 Å². The van der Waals surface area contributed by atoms with Gasteiger partial charge in [-0.3, -0.25) is 0 Å². The van der Waals surface area contributed by atoms with E-state index < -0.39 is 0 Å². The highest BCUT2D eigenvalue weighted by molar-refractivity contribution is 7.11. The van der Waals surface area contributed by atoms with Crippen molar-refractivity contribution in [1.82, 2.24) is 10.3 Å². The molecule has 0 radical (unpaired) electrons. The molecule has 0 saturated heterocycles. The van der Waals surface area contributed by atoms with Crippen molar-refractivity contribution < 1.29 is 0 Å². The van der Waals surface area contributed by atoms with E-state index in [1.165, 1.54) is 15.4 Å². The fourth-order valence-corrected chi connectivity index (χ4v) is 3.30. The van der Waals surface area contributed by atoms with Gasteiger partial charge in [0.1, 0.15) is 0 Å². The van der Waals surface area contributed by atoms with Crippen LogP contribution in [0, 0.1) is 0 Å². The molecule has 1 heterocycles. The Morgan fingerprint density at radius 1 is 1.33 bits per heavy atom. The van der Waals surface area contributed by atoms with Crippen molar-refractivity contribution in [2.24, 2.45) is 0 Å². The first-order valence-electron chi connectivity index (χ1n) is 7.34. The van der Waals surface area contributed by atoms with E-state index in [1.807, 2.05) is 24.4 Å². The maximum Gasteiger partial charge on any atom is 0.0981 e. The van der Waals surface area contributed by atoms with Crippen molar-refractivity contribution in [2.45, 2.75) is 52.1 Å². The second-order valence-electron chi connectivity index (χ2n) is 6.28. The Morgan fingerprint density at radius 3 is 2.67 bits per heavy atom. The Kier molecular flexibility index (Phi) is 5.42. The molecule has 1 atom stereocenters. The van der Waals surface area contributed by atoms with Gasteiger partial charge >= 0.3 is 0 Å². The van der Waals surface area contributed by atoms with Crippen molar-refractivity contribution in [3.05, 3.63) is 50.9 Å². The lowest BCUT2D eigenvalue weighted by molar-refractivity contribution is 0.521. The third-order valence-corrected chi connectivity index (χ3v) is 5.04. The Bertz CT molecular complexity index is 586. The molecule has 0 fully saturated rings. The summed E-state index contributed by atoms with van der Waals surface area (Å²) < 4.78 is 0. The predicted octanol–water partition coefficient (Wildman–Crippen LogP) is 5.33. The Hall–Kier alpha value is -0.900. The van der Waals surface area contributed by atoms with Crippen LogP contribution < -0.4 is 5.32 Å². The average molecular weight is 323 g/mol. The Labute approximate surface area is 136 Å². The number of aromatic nitrogens is 1. The molecule has 0 aliphatic carbocycles. The third kappa shape index (κ3) is 4.53. The fourth-order valence-electron chi connectivity index (χ4n) is 2.18. The number of nitrogens with zero attached hydrogens (tertiary/aromatic N) is 1. The van der Waals surface area contributed by atoms with Gasteiger partial charge in [-0.05, 0) is 24.1 Å². The van der Waals surface area contributed by atoms with Crippen LogP contribution in [0.15, 0.2) is 30.5 Å². The van der Waals surface area contributed by atoms with Crippen LogP contribution in [0.25, 0.3) is 0 Å². The lowest BCUT2D eigenvalue weighted by Gasteiger charge is -2.17. The van der Waals surface area contributed by atoms with Gasteiger partial charge in [0.05, 0.1) is 5.01 Å². The molecule has 0 spiro atoms. The van der Waals surface area contributed by atoms with Crippen LogP contribution in [0.4, 0.5) is 0 Å². The molecular weight excluding hydrogens is 300 g/mol. The highest BCUT2D eigenvalue weighted by Gasteiger charge is 2.18. The fraction of sp³-hybridized carbons (Fsp3) is 0.471. The van der Waals surface area contributed by atoms with Crippen LogP contribution in [0.2, 0.25) is 5.02 Å². The van der Waals surface area contributed by atoms with Gasteiger partial charge in [0.15, 0.2) is 0 Å². The van der Waals surface area contributed by atoms with E-state index in [-0.39, 0.29) is 5.41 Å². The quantitative estimate of drug-likeness (QED) is 0.804. The summed E-state index contributed by atoms with van der Waals surface area (Å²) in [6.07, 6.45) is 3.02. The molecule has 1 aromatic heterocycles. The van der Waals surface area contributed by atoms with Crippen LogP contribution in [0.5, 0.6) is 0 Å². The average Bonchev–Trinajstić information content (AvgIpc) is 2.88.